The summed E-state index contributed by atoms with van der Waals surface area (Å²) in [6.45, 7) is 0.694. The molecule has 0 radical (unpaired) electrons. The average molecular weight is 452 g/mol. The number of amides is 4. The molecule has 0 spiro atoms. The first-order chi connectivity index (χ1) is 15.4. The molecule has 1 aliphatic carbocycles. The van der Waals surface area contributed by atoms with Crippen LogP contribution in [0.25, 0.3) is 0 Å². The molecule has 7 nitrogen and oxygen atoms in total. The fraction of sp³-hybridized carbons (Fsp3) is 0.333. The third-order valence-electron chi connectivity index (χ3n) is 6.46. The summed E-state index contributed by atoms with van der Waals surface area (Å²) in [7, 11) is 0. The van der Waals surface area contributed by atoms with Gasteiger partial charge >= 0.3 is 0 Å². The summed E-state index contributed by atoms with van der Waals surface area (Å²) in [4.78, 5) is 50.4. The molecule has 2 heterocycles. The standard InChI is InChI=1S/C24H22ClN3O4/c25-16-3-1-2-14(9-16)18-10-19(18)22(30)26-11-13-4-5-17-15(8-13)12-28(24(17)32)20-6-7-21(29)27-23(20)31/h1-5,8-9,18-20H,6-7,10-12H2,(H,26,30)(H,27,29,31)/t18-,19+,20?/m1/s1. The predicted molar refractivity (Wildman–Crippen MR) is 117 cm³/mol. The molecule has 3 aliphatic rings. The number of fused-ring (bicyclic) bond motifs is 1. The van der Waals surface area contributed by atoms with Gasteiger partial charge in [-0.2, -0.15) is 0 Å². The summed E-state index contributed by atoms with van der Waals surface area (Å²) < 4.78 is 0. The number of piperidine rings is 1. The van der Waals surface area contributed by atoms with Crippen LogP contribution in [0.3, 0.4) is 0 Å². The molecular formula is C24H22ClN3O4. The molecule has 2 aliphatic heterocycles. The first-order valence-corrected chi connectivity index (χ1v) is 11.1. The van der Waals surface area contributed by atoms with Crippen LogP contribution in [0, 0.1) is 5.92 Å². The molecule has 2 fully saturated rings. The van der Waals surface area contributed by atoms with Gasteiger partial charge in [0, 0.05) is 36.0 Å². The summed E-state index contributed by atoms with van der Waals surface area (Å²) in [6.07, 6.45) is 1.37. The van der Waals surface area contributed by atoms with E-state index in [4.69, 9.17) is 11.6 Å². The number of halogens is 1. The van der Waals surface area contributed by atoms with Gasteiger partial charge in [-0.3, -0.25) is 24.5 Å². The lowest BCUT2D eigenvalue weighted by Gasteiger charge is -2.29. The predicted octanol–water partition coefficient (Wildman–Crippen LogP) is 2.52. The number of hydrogen-bond acceptors (Lipinski definition) is 4. The number of imide groups is 1. The molecule has 8 heteroatoms. The van der Waals surface area contributed by atoms with Crippen LogP contribution in [-0.4, -0.2) is 34.6 Å². The Morgan fingerprint density at radius 2 is 2.00 bits per heavy atom. The van der Waals surface area contributed by atoms with Crippen molar-refractivity contribution in [1.82, 2.24) is 15.5 Å². The van der Waals surface area contributed by atoms with E-state index in [1.807, 2.05) is 36.4 Å². The monoisotopic (exact) mass is 451 g/mol. The van der Waals surface area contributed by atoms with Crippen LogP contribution in [-0.2, 0) is 27.5 Å². The first-order valence-electron chi connectivity index (χ1n) is 10.7. The number of carbonyl (C=O) groups excluding carboxylic acids is 4. The lowest BCUT2D eigenvalue weighted by molar-refractivity contribution is -0.137. The molecule has 5 rings (SSSR count). The van der Waals surface area contributed by atoms with Gasteiger partial charge in [-0.05, 0) is 53.6 Å². The Kier molecular flexibility index (Phi) is 5.21. The zero-order valence-corrected chi connectivity index (χ0v) is 18.0. The van der Waals surface area contributed by atoms with Crippen molar-refractivity contribution < 1.29 is 19.2 Å². The third kappa shape index (κ3) is 3.88. The molecular weight excluding hydrogens is 430 g/mol. The highest BCUT2D eigenvalue weighted by Gasteiger charge is 2.44. The van der Waals surface area contributed by atoms with E-state index < -0.39 is 11.9 Å². The number of rotatable bonds is 5. The SMILES string of the molecule is O=C1CCC(N2Cc3cc(CNC(=O)[C@H]4C[C@@H]4c4cccc(Cl)c4)ccc3C2=O)C(=O)N1. The van der Waals surface area contributed by atoms with E-state index >= 15 is 0 Å². The van der Waals surface area contributed by atoms with Crippen LogP contribution >= 0.6 is 11.6 Å². The summed E-state index contributed by atoms with van der Waals surface area (Å²) in [5.41, 5.74) is 3.37. The summed E-state index contributed by atoms with van der Waals surface area (Å²) in [5.74, 6) is -0.764. The van der Waals surface area contributed by atoms with Crippen LogP contribution in [0.15, 0.2) is 42.5 Å². The number of nitrogens with one attached hydrogen (secondary N) is 2. The van der Waals surface area contributed by atoms with E-state index in [0.29, 0.717) is 30.1 Å². The highest BCUT2D eigenvalue weighted by atomic mass is 35.5. The Balaban J connectivity index is 1.20. The molecule has 2 N–H and O–H groups in total. The maximum atomic E-state index is 12.8. The molecule has 2 aromatic rings. The average Bonchev–Trinajstić information content (AvgIpc) is 3.51. The molecule has 32 heavy (non-hydrogen) atoms. The second-order valence-electron chi connectivity index (χ2n) is 8.61. The fourth-order valence-corrected chi connectivity index (χ4v) is 4.85. The zero-order valence-electron chi connectivity index (χ0n) is 17.3. The lowest BCUT2D eigenvalue weighted by Crippen LogP contribution is -2.52. The molecule has 0 bridgehead atoms. The van der Waals surface area contributed by atoms with E-state index in [-0.39, 0.29) is 36.0 Å². The van der Waals surface area contributed by atoms with Gasteiger partial charge in [0.25, 0.3) is 5.91 Å². The Morgan fingerprint density at radius 1 is 1.16 bits per heavy atom. The van der Waals surface area contributed by atoms with E-state index in [1.165, 1.54) is 4.90 Å². The Morgan fingerprint density at radius 3 is 2.78 bits per heavy atom. The largest absolute Gasteiger partial charge is 0.352 e. The smallest absolute Gasteiger partial charge is 0.255 e. The fourth-order valence-electron chi connectivity index (χ4n) is 4.65. The van der Waals surface area contributed by atoms with Crippen LogP contribution in [0.5, 0.6) is 0 Å². The molecule has 164 valence electrons. The zero-order chi connectivity index (χ0) is 22.4. The molecule has 3 atom stereocenters. The van der Waals surface area contributed by atoms with Crippen LogP contribution in [0.2, 0.25) is 5.02 Å². The van der Waals surface area contributed by atoms with Gasteiger partial charge < -0.3 is 10.2 Å². The van der Waals surface area contributed by atoms with Crippen LogP contribution in [0.1, 0.15) is 52.2 Å². The summed E-state index contributed by atoms with van der Waals surface area (Å²) in [5, 5.41) is 5.97. The van der Waals surface area contributed by atoms with Crippen molar-refractivity contribution in [3.8, 4) is 0 Å². The topological polar surface area (TPSA) is 95.6 Å². The molecule has 1 saturated carbocycles. The minimum Gasteiger partial charge on any atom is -0.352 e. The Labute approximate surface area is 190 Å². The minimum atomic E-state index is -0.631. The number of benzene rings is 2. The minimum absolute atomic E-state index is 0.0109. The van der Waals surface area contributed by atoms with Crippen LogP contribution < -0.4 is 10.6 Å². The molecule has 4 amide bonds. The van der Waals surface area contributed by atoms with Gasteiger partial charge in [0.05, 0.1) is 0 Å². The van der Waals surface area contributed by atoms with E-state index in [9.17, 15) is 19.2 Å². The van der Waals surface area contributed by atoms with Crippen molar-refractivity contribution in [2.45, 2.75) is 44.3 Å². The van der Waals surface area contributed by atoms with Crippen molar-refractivity contribution in [3.05, 3.63) is 69.7 Å². The second-order valence-corrected chi connectivity index (χ2v) is 9.05. The number of nitrogens with zero attached hydrogens (tertiary/aromatic N) is 1. The highest BCUT2D eigenvalue weighted by Crippen LogP contribution is 2.48. The quantitative estimate of drug-likeness (QED) is 0.683. The number of carbonyl (C=O) groups is 4. The van der Waals surface area contributed by atoms with Crippen molar-refractivity contribution >= 4 is 35.2 Å². The Hall–Kier alpha value is -3.19. The van der Waals surface area contributed by atoms with Crippen molar-refractivity contribution in [2.75, 3.05) is 0 Å². The van der Waals surface area contributed by atoms with Gasteiger partial charge in [0.1, 0.15) is 6.04 Å². The second kappa shape index (κ2) is 8.06. The van der Waals surface area contributed by atoms with Crippen molar-refractivity contribution in [1.29, 1.82) is 0 Å². The van der Waals surface area contributed by atoms with Gasteiger partial charge in [0.15, 0.2) is 0 Å². The third-order valence-corrected chi connectivity index (χ3v) is 6.69. The molecule has 2 aromatic carbocycles. The normalized spacial score (nSPS) is 24.2. The van der Waals surface area contributed by atoms with Crippen LogP contribution in [0.4, 0.5) is 0 Å². The molecule has 1 saturated heterocycles. The van der Waals surface area contributed by atoms with Gasteiger partial charge in [-0.1, -0.05) is 35.9 Å². The molecule has 0 aromatic heterocycles. The van der Waals surface area contributed by atoms with Gasteiger partial charge in [-0.25, -0.2) is 0 Å². The highest BCUT2D eigenvalue weighted by molar-refractivity contribution is 6.30. The molecule has 1 unspecified atom stereocenters. The number of hydrogen-bond donors (Lipinski definition) is 2. The van der Waals surface area contributed by atoms with Crippen molar-refractivity contribution in [3.63, 3.8) is 0 Å². The summed E-state index contributed by atoms with van der Waals surface area (Å²) in [6, 6.07) is 12.5. The van der Waals surface area contributed by atoms with Gasteiger partial charge in [0.2, 0.25) is 17.7 Å². The first kappa shape index (κ1) is 20.7. The summed E-state index contributed by atoms with van der Waals surface area (Å²) >= 11 is 6.05. The van der Waals surface area contributed by atoms with Crippen molar-refractivity contribution in [2.24, 2.45) is 5.92 Å². The van der Waals surface area contributed by atoms with E-state index in [1.54, 1.807) is 6.07 Å². The Bertz CT molecular complexity index is 1150. The lowest BCUT2D eigenvalue weighted by atomic mass is 10.0. The van der Waals surface area contributed by atoms with E-state index in [0.717, 1.165) is 23.1 Å². The van der Waals surface area contributed by atoms with E-state index in [2.05, 4.69) is 10.6 Å². The maximum Gasteiger partial charge on any atom is 0.255 e. The maximum absolute atomic E-state index is 12.8. The van der Waals surface area contributed by atoms with Gasteiger partial charge in [-0.15, -0.1) is 0 Å².